The molecule has 1 atom stereocenters. The van der Waals surface area contributed by atoms with Crippen LogP contribution in [0.1, 0.15) is 56.1 Å². The van der Waals surface area contributed by atoms with Gasteiger partial charge >= 0.3 is 6.09 Å². The predicted molar refractivity (Wildman–Crippen MR) is 139 cm³/mol. The van der Waals surface area contributed by atoms with Crippen molar-refractivity contribution in [2.75, 3.05) is 18.1 Å². The molecule has 8 heteroatoms. The number of hydrogen-bond donors (Lipinski definition) is 0. The lowest BCUT2D eigenvalue weighted by atomic mass is 9.98. The zero-order valence-electron chi connectivity index (χ0n) is 20.6. The molecule has 0 bridgehead atoms. The molecular formula is C27H30Cl2N2O4. The molecule has 186 valence electrons. The van der Waals surface area contributed by atoms with Crippen LogP contribution in [-0.4, -0.2) is 47.4 Å². The van der Waals surface area contributed by atoms with Crippen molar-refractivity contribution in [3.8, 4) is 0 Å². The van der Waals surface area contributed by atoms with Crippen LogP contribution in [0.3, 0.4) is 0 Å². The molecular weight excluding hydrogens is 487 g/mol. The highest BCUT2D eigenvalue weighted by atomic mass is 35.5. The number of hydrogen-bond acceptors (Lipinski definition) is 4. The second kappa shape index (κ2) is 9.49. The molecule has 2 aliphatic heterocycles. The van der Waals surface area contributed by atoms with E-state index in [0.29, 0.717) is 35.2 Å². The van der Waals surface area contributed by atoms with E-state index in [1.54, 1.807) is 21.9 Å². The van der Waals surface area contributed by atoms with Gasteiger partial charge in [0.2, 0.25) is 0 Å². The Hall–Kier alpha value is -2.54. The Morgan fingerprint density at radius 3 is 2.49 bits per heavy atom. The van der Waals surface area contributed by atoms with E-state index in [9.17, 15) is 9.59 Å². The van der Waals surface area contributed by atoms with Gasteiger partial charge in [-0.1, -0.05) is 47.5 Å². The van der Waals surface area contributed by atoms with Gasteiger partial charge in [0.25, 0.3) is 5.91 Å². The summed E-state index contributed by atoms with van der Waals surface area (Å²) >= 11 is 12.4. The second-order valence-electron chi connectivity index (χ2n) is 10.2. The van der Waals surface area contributed by atoms with Crippen LogP contribution in [0.5, 0.6) is 0 Å². The average Bonchev–Trinajstić information content (AvgIpc) is 3.08. The quantitative estimate of drug-likeness (QED) is 0.462. The number of benzene rings is 2. The lowest BCUT2D eigenvalue weighted by molar-refractivity contribution is -0.0610. The Bertz CT molecular complexity index is 1170. The van der Waals surface area contributed by atoms with Gasteiger partial charge in [-0.25, -0.2) is 4.79 Å². The average molecular weight is 517 g/mol. The first-order valence-corrected chi connectivity index (χ1v) is 12.4. The number of carbonyl (C=O) groups excluding carboxylic acids is 2. The topological polar surface area (TPSA) is 59.1 Å². The van der Waals surface area contributed by atoms with E-state index in [-0.39, 0.29) is 11.9 Å². The summed E-state index contributed by atoms with van der Waals surface area (Å²) in [6.07, 6.45) is 4.13. The number of amides is 2. The Labute approximate surface area is 216 Å². The number of rotatable bonds is 3. The first-order chi connectivity index (χ1) is 16.4. The van der Waals surface area contributed by atoms with Crippen molar-refractivity contribution >= 4 is 47.0 Å². The zero-order chi connectivity index (χ0) is 25.5. The maximum absolute atomic E-state index is 13.1. The summed E-state index contributed by atoms with van der Waals surface area (Å²) in [4.78, 5) is 29.3. The molecule has 0 N–H and O–H groups in total. The number of carbonyl (C=O) groups is 2. The molecule has 6 nitrogen and oxygen atoms in total. The van der Waals surface area contributed by atoms with E-state index in [1.807, 2.05) is 71.0 Å². The minimum Gasteiger partial charge on any atom is -0.444 e. The van der Waals surface area contributed by atoms with Crippen molar-refractivity contribution in [3.05, 3.63) is 69.2 Å². The molecule has 1 unspecified atom stereocenters. The highest BCUT2D eigenvalue weighted by Gasteiger charge is 2.44. The van der Waals surface area contributed by atoms with E-state index in [2.05, 4.69) is 0 Å². The third-order valence-electron chi connectivity index (χ3n) is 6.08. The Kier molecular flexibility index (Phi) is 6.93. The molecule has 0 aliphatic carbocycles. The summed E-state index contributed by atoms with van der Waals surface area (Å²) in [5.74, 6) is -0.0913. The molecule has 1 fully saturated rings. The summed E-state index contributed by atoms with van der Waals surface area (Å²) in [5, 5.41) is 0.918. The number of nitrogens with zero attached hydrogens (tertiary/aromatic N) is 2. The number of fused-ring (bicyclic) bond motifs is 1. The minimum atomic E-state index is -0.765. The number of anilines is 1. The summed E-state index contributed by atoms with van der Waals surface area (Å²) in [6, 6.07) is 10.9. The molecule has 0 spiro atoms. The summed E-state index contributed by atoms with van der Waals surface area (Å²) in [7, 11) is 0. The molecule has 0 radical (unpaired) electrons. The van der Waals surface area contributed by atoms with Gasteiger partial charge in [-0.3, -0.25) is 9.69 Å². The minimum absolute atomic E-state index is 0.0913. The first kappa shape index (κ1) is 25.5. The van der Waals surface area contributed by atoms with Crippen LogP contribution in [0.15, 0.2) is 42.5 Å². The Morgan fingerprint density at radius 1 is 1.14 bits per heavy atom. The van der Waals surface area contributed by atoms with E-state index in [4.69, 9.17) is 32.7 Å². The van der Waals surface area contributed by atoms with Gasteiger partial charge in [-0.2, -0.15) is 0 Å². The van der Waals surface area contributed by atoms with Crippen LogP contribution < -0.4 is 4.90 Å². The second-order valence-corrected chi connectivity index (χ2v) is 11.0. The molecule has 35 heavy (non-hydrogen) atoms. The normalized spacial score (nSPS) is 19.9. The predicted octanol–water partition coefficient (Wildman–Crippen LogP) is 6.58. The van der Waals surface area contributed by atoms with Crippen molar-refractivity contribution in [1.82, 2.24) is 4.90 Å². The summed E-state index contributed by atoms with van der Waals surface area (Å²) < 4.78 is 11.4. The third kappa shape index (κ3) is 5.35. The van der Waals surface area contributed by atoms with Crippen LogP contribution in [-0.2, 0) is 15.9 Å². The smallest absolute Gasteiger partial charge is 0.413 e. The molecule has 1 saturated heterocycles. The van der Waals surface area contributed by atoms with Crippen molar-refractivity contribution in [2.24, 2.45) is 0 Å². The molecule has 2 heterocycles. The lowest BCUT2D eigenvalue weighted by Gasteiger charge is -2.34. The monoisotopic (exact) mass is 516 g/mol. The van der Waals surface area contributed by atoms with Crippen molar-refractivity contribution < 1.29 is 19.1 Å². The fourth-order valence-corrected chi connectivity index (χ4v) is 4.82. The van der Waals surface area contributed by atoms with Crippen LogP contribution in [0, 0.1) is 0 Å². The molecule has 2 aromatic carbocycles. The Balaban J connectivity index is 1.48. The van der Waals surface area contributed by atoms with Crippen molar-refractivity contribution in [3.63, 3.8) is 0 Å². The standard InChI is InChI=1S/C27H30Cl2N2O4/c1-26(2,3)35-25(33)31-19(16-34-27(31,4)5)11-8-17-6-9-18(10-7-17)30-15-14-20-21(24(30)32)12-13-22(28)23(20)29/h6-13,19H,14-16H2,1-5H3/b11-8+. The van der Waals surface area contributed by atoms with Gasteiger partial charge < -0.3 is 14.4 Å². The maximum Gasteiger partial charge on any atom is 0.413 e. The molecule has 2 aliphatic rings. The molecule has 0 saturated carbocycles. The van der Waals surface area contributed by atoms with Crippen LogP contribution in [0.4, 0.5) is 10.5 Å². The van der Waals surface area contributed by atoms with Crippen molar-refractivity contribution in [2.45, 2.75) is 58.4 Å². The summed E-state index contributed by atoms with van der Waals surface area (Å²) in [5.41, 5.74) is 1.78. The molecule has 2 aromatic rings. The lowest BCUT2D eigenvalue weighted by Crippen LogP contribution is -2.49. The fraction of sp³-hybridized carbons (Fsp3) is 0.407. The third-order valence-corrected chi connectivity index (χ3v) is 6.93. The molecule has 2 amide bonds. The number of halogens is 2. The van der Waals surface area contributed by atoms with E-state index in [1.165, 1.54) is 0 Å². The van der Waals surface area contributed by atoms with E-state index in [0.717, 1.165) is 16.8 Å². The summed E-state index contributed by atoms with van der Waals surface area (Å²) in [6.45, 7) is 10.2. The molecule has 4 rings (SSSR count). The maximum atomic E-state index is 13.1. The first-order valence-electron chi connectivity index (χ1n) is 11.6. The molecule has 0 aromatic heterocycles. The van der Waals surface area contributed by atoms with Gasteiger partial charge in [0.1, 0.15) is 11.3 Å². The zero-order valence-corrected chi connectivity index (χ0v) is 22.1. The van der Waals surface area contributed by atoms with Gasteiger partial charge in [0.05, 0.1) is 22.7 Å². The van der Waals surface area contributed by atoms with E-state index < -0.39 is 17.4 Å². The van der Waals surface area contributed by atoms with Crippen LogP contribution in [0.25, 0.3) is 6.08 Å². The Morgan fingerprint density at radius 2 is 1.83 bits per heavy atom. The van der Waals surface area contributed by atoms with E-state index >= 15 is 0 Å². The largest absolute Gasteiger partial charge is 0.444 e. The van der Waals surface area contributed by atoms with Crippen molar-refractivity contribution in [1.29, 1.82) is 0 Å². The fourth-order valence-electron chi connectivity index (χ4n) is 4.38. The van der Waals surface area contributed by atoms with Gasteiger partial charge in [0.15, 0.2) is 0 Å². The highest BCUT2D eigenvalue weighted by Crippen LogP contribution is 2.34. The van der Waals surface area contributed by atoms with Gasteiger partial charge in [-0.05, 0) is 76.4 Å². The van der Waals surface area contributed by atoms with Gasteiger partial charge in [0, 0.05) is 17.8 Å². The number of ether oxygens (including phenoxy) is 2. The SMILES string of the molecule is CC(C)(C)OC(=O)N1C(/C=C/c2ccc(N3CCc4c(ccc(Cl)c4Cl)C3=O)cc2)COC1(C)C. The van der Waals surface area contributed by atoms with Crippen LogP contribution in [0.2, 0.25) is 10.0 Å². The van der Waals surface area contributed by atoms with Crippen LogP contribution >= 0.6 is 23.2 Å². The van der Waals surface area contributed by atoms with Gasteiger partial charge in [-0.15, -0.1) is 0 Å². The highest BCUT2D eigenvalue weighted by molar-refractivity contribution is 6.43.